The number of halogens is 4. The minimum absolute atomic E-state index is 0.0827. The molecule has 1 saturated carbocycles. The van der Waals surface area contributed by atoms with E-state index < -0.39 is 35.6 Å². The minimum atomic E-state index is -1.05. The molecule has 1 N–H and O–H groups in total. The SMILES string of the molecule is C#Cc1c(F)ccc2cc(O)cc(-c3ncc4c(N(C)[C@H]5C[C@@H]5F)nc(OCC56CCCN5C[C@@H](F)C6)nc4c3F)c12. The largest absolute Gasteiger partial charge is 0.508 e. The van der Waals surface area contributed by atoms with Crippen molar-refractivity contribution in [1.29, 1.82) is 0 Å². The van der Waals surface area contributed by atoms with E-state index in [4.69, 9.17) is 11.2 Å². The lowest BCUT2D eigenvalue weighted by Crippen LogP contribution is -2.43. The Kier molecular flexibility index (Phi) is 6.17. The van der Waals surface area contributed by atoms with Gasteiger partial charge in [-0.3, -0.25) is 9.88 Å². The van der Waals surface area contributed by atoms with Crippen LogP contribution in [-0.2, 0) is 0 Å². The zero-order chi connectivity index (χ0) is 29.3. The fourth-order valence-electron chi connectivity index (χ4n) is 6.65. The molecule has 4 heterocycles. The number of ether oxygens (including phenoxy) is 1. The van der Waals surface area contributed by atoms with Crippen LogP contribution in [-0.4, -0.2) is 75.6 Å². The van der Waals surface area contributed by atoms with Crippen LogP contribution in [0.2, 0.25) is 0 Å². The van der Waals surface area contributed by atoms with Crippen LogP contribution in [0.15, 0.2) is 30.5 Å². The summed E-state index contributed by atoms with van der Waals surface area (Å²) in [6.45, 7) is 1.24. The van der Waals surface area contributed by atoms with E-state index in [1.54, 1.807) is 11.9 Å². The van der Waals surface area contributed by atoms with Gasteiger partial charge in [0, 0.05) is 43.6 Å². The number of aromatic nitrogens is 3. The Labute approximate surface area is 239 Å². The summed E-state index contributed by atoms with van der Waals surface area (Å²) in [4.78, 5) is 17.0. The number of rotatable bonds is 6. The smallest absolute Gasteiger partial charge is 0.319 e. The number of pyridine rings is 1. The first-order valence-corrected chi connectivity index (χ1v) is 13.9. The summed E-state index contributed by atoms with van der Waals surface area (Å²) >= 11 is 0. The minimum Gasteiger partial charge on any atom is -0.508 e. The topological polar surface area (TPSA) is 74.6 Å². The number of aromatic hydroxyl groups is 1. The molecule has 216 valence electrons. The molecule has 11 heteroatoms. The molecule has 2 aliphatic heterocycles. The maximum absolute atomic E-state index is 16.5. The second kappa shape index (κ2) is 9.70. The first kappa shape index (κ1) is 26.7. The third-order valence-corrected chi connectivity index (χ3v) is 8.84. The number of hydrogen-bond acceptors (Lipinski definition) is 7. The number of alkyl halides is 2. The van der Waals surface area contributed by atoms with Crippen molar-refractivity contribution < 1.29 is 27.4 Å². The molecular formula is C31H27F4N5O2. The lowest BCUT2D eigenvalue weighted by molar-refractivity contribution is 0.107. The zero-order valence-electron chi connectivity index (χ0n) is 22.7. The van der Waals surface area contributed by atoms with Gasteiger partial charge in [-0.2, -0.15) is 9.97 Å². The van der Waals surface area contributed by atoms with Crippen LogP contribution in [0.4, 0.5) is 23.4 Å². The fraction of sp³-hybridized carbons (Fsp3) is 0.387. The van der Waals surface area contributed by atoms with E-state index in [2.05, 4.69) is 25.8 Å². The maximum atomic E-state index is 16.5. The molecule has 4 atom stereocenters. The summed E-state index contributed by atoms with van der Waals surface area (Å²) < 4.78 is 65.6. The van der Waals surface area contributed by atoms with Gasteiger partial charge in [0.1, 0.15) is 47.5 Å². The number of fused-ring (bicyclic) bond motifs is 3. The van der Waals surface area contributed by atoms with Gasteiger partial charge in [0.05, 0.1) is 22.5 Å². The number of phenols is 1. The summed E-state index contributed by atoms with van der Waals surface area (Å²) in [6, 6.07) is 4.72. The molecule has 0 spiro atoms. The highest BCUT2D eigenvalue weighted by atomic mass is 19.1. The second-order valence-corrected chi connectivity index (χ2v) is 11.5. The van der Waals surface area contributed by atoms with Crippen molar-refractivity contribution in [1.82, 2.24) is 19.9 Å². The van der Waals surface area contributed by atoms with Gasteiger partial charge in [-0.1, -0.05) is 12.0 Å². The summed E-state index contributed by atoms with van der Waals surface area (Å²) in [6.07, 6.45) is 7.29. The molecule has 3 fully saturated rings. The number of hydrogen-bond donors (Lipinski definition) is 1. The van der Waals surface area contributed by atoms with E-state index in [0.29, 0.717) is 24.8 Å². The standard InChI is InChI=1S/C31H27F4N5O2/c1-3-19-22(33)6-5-16-9-18(41)10-20(25(16)19)27-26(35)28-21(13-36-27)29(39(2)24-11-23(24)34)38-30(37-28)42-15-31-7-4-8-40(31)14-17(32)12-31/h1,5-6,9-10,13,17,23-24,41H,4,7-8,11-12,14-15H2,2H3/t17-,23-,24-,31?/m0/s1. The van der Waals surface area contributed by atoms with E-state index in [-0.39, 0.29) is 57.3 Å². The molecule has 1 unspecified atom stereocenters. The molecular weight excluding hydrogens is 550 g/mol. The van der Waals surface area contributed by atoms with Gasteiger partial charge >= 0.3 is 6.01 Å². The lowest BCUT2D eigenvalue weighted by atomic mass is 9.95. The highest BCUT2D eigenvalue weighted by Gasteiger charge is 2.49. The van der Waals surface area contributed by atoms with Crippen molar-refractivity contribution in [3.8, 4) is 35.4 Å². The van der Waals surface area contributed by atoms with Crippen molar-refractivity contribution in [2.75, 3.05) is 31.6 Å². The summed E-state index contributed by atoms with van der Waals surface area (Å²) in [5, 5.41) is 11.3. The molecule has 7 rings (SSSR count). The van der Waals surface area contributed by atoms with Crippen LogP contribution in [0.3, 0.4) is 0 Å². The van der Waals surface area contributed by atoms with E-state index >= 15 is 4.39 Å². The Morgan fingerprint density at radius 2 is 2.05 bits per heavy atom. The second-order valence-electron chi connectivity index (χ2n) is 11.5. The van der Waals surface area contributed by atoms with Crippen molar-refractivity contribution >= 4 is 27.5 Å². The number of anilines is 1. The number of benzene rings is 2. The van der Waals surface area contributed by atoms with Crippen LogP contribution in [0.25, 0.3) is 32.9 Å². The third-order valence-electron chi connectivity index (χ3n) is 8.84. The monoisotopic (exact) mass is 577 g/mol. The zero-order valence-corrected chi connectivity index (χ0v) is 22.7. The van der Waals surface area contributed by atoms with E-state index in [9.17, 15) is 18.3 Å². The predicted octanol–water partition coefficient (Wildman–Crippen LogP) is 5.31. The molecule has 1 aliphatic carbocycles. The highest BCUT2D eigenvalue weighted by molar-refractivity contribution is 6.03. The first-order valence-electron chi connectivity index (χ1n) is 13.9. The Morgan fingerprint density at radius 1 is 1.24 bits per heavy atom. The highest BCUT2D eigenvalue weighted by Crippen LogP contribution is 2.42. The first-order chi connectivity index (χ1) is 20.2. The average molecular weight is 578 g/mol. The van der Waals surface area contributed by atoms with Crippen LogP contribution in [0.5, 0.6) is 11.8 Å². The van der Waals surface area contributed by atoms with Crippen molar-refractivity contribution in [2.45, 2.75) is 49.6 Å². The molecule has 0 bridgehead atoms. The Bertz CT molecular complexity index is 1800. The van der Waals surface area contributed by atoms with E-state index in [0.717, 1.165) is 19.4 Å². The fourth-order valence-corrected chi connectivity index (χ4v) is 6.65. The number of nitrogens with zero attached hydrogens (tertiary/aromatic N) is 5. The number of terminal acetylenes is 1. The van der Waals surface area contributed by atoms with Crippen molar-refractivity contribution in [3.05, 3.63) is 47.7 Å². The van der Waals surface area contributed by atoms with Gasteiger partial charge < -0.3 is 14.7 Å². The summed E-state index contributed by atoms with van der Waals surface area (Å²) in [5.41, 5.74) is -0.854. The third kappa shape index (κ3) is 4.19. The van der Waals surface area contributed by atoms with Gasteiger partial charge in [-0.15, -0.1) is 6.42 Å². The van der Waals surface area contributed by atoms with Crippen LogP contribution < -0.4 is 9.64 Å². The summed E-state index contributed by atoms with van der Waals surface area (Å²) in [7, 11) is 1.66. The van der Waals surface area contributed by atoms with Crippen LogP contribution in [0, 0.1) is 24.0 Å². The summed E-state index contributed by atoms with van der Waals surface area (Å²) in [5.74, 6) is 0.830. The van der Waals surface area contributed by atoms with Gasteiger partial charge in [-0.25, -0.2) is 17.6 Å². The van der Waals surface area contributed by atoms with Gasteiger partial charge in [0.15, 0.2) is 5.82 Å². The van der Waals surface area contributed by atoms with Gasteiger partial charge in [0.25, 0.3) is 0 Å². The molecule has 3 aliphatic rings. The van der Waals surface area contributed by atoms with Gasteiger partial charge in [0.2, 0.25) is 0 Å². The molecule has 0 radical (unpaired) electrons. The number of phenolic OH excluding ortho intramolecular Hbond substituents is 1. The molecule has 2 aromatic carbocycles. The van der Waals surface area contributed by atoms with Gasteiger partial charge in [-0.05, 0) is 43.0 Å². The van der Waals surface area contributed by atoms with Crippen molar-refractivity contribution in [2.24, 2.45) is 0 Å². The van der Waals surface area contributed by atoms with E-state index in [1.165, 1.54) is 30.5 Å². The molecule has 0 amide bonds. The quantitative estimate of drug-likeness (QED) is 0.246. The molecule has 2 aromatic heterocycles. The van der Waals surface area contributed by atoms with Crippen LogP contribution in [0.1, 0.15) is 31.2 Å². The lowest BCUT2D eigenvalue weighted by Gasteiger charge is -2.31. The molecule has 2 saturated heterocycles. The molecule has 42 heavy (non-hydrogen) atoms. The Morgan fingerprint density at radius 3 is 2.81 bits per heavy atom. The Balaban J connectivity index is 1.38. The van der Waals surface area contributed by atoms with Crippen LogP contribution >= 0.6 is 0 Å². The predicted molar refractivity (Wildman–Crippen MR) is 150 cm³/mol. The van der Waals surface area contributed by atoms with E-state index in [1.807, 2.05) is 0 Å². The molecule has 4 aromatic rings. The average Bonchev–Trinajstić information content (AvgIpc) is 3.45. The molecule has 7 nitrogen and oxygen atoms in total. The van der Waals surface area contributed by atoms with Crippen molar-refractivity contribution in [3.63, 3.8) is 0 Å². The maximum Gasteiger partial charge on any atom is 0.319 e. The Hall–Kier alpha value is -4.17. The normalized spacial score (nSPS) is 25.1.